The van der Waals surface area contributed by atoms with Crippen molar-refractivity contribution >= 4 is 97.8 Å². The molecule has 0 saturated carbocycles. The molecule has 21 heteroatoms. The molecule has 17 nitrogen and oxygen atoms in total. The van der Waals surface area contributed by atoms with Crippen LogP contribution in [0.2, 0.25) is 0 Å². The molecule has 12 N–H and O–H groups in total. The van der Waals surface area contributed by atoms with Gasteiger partial charge in [-0.15, -0.1) is 0 Å². The van der Waals surface area contributed by atoms with Crippen LogP contribution in [0.4, 0.5) is 0 Å². The van der Waals surface area contributed by atoms with E-state index in [1.54, 1.807) is 0 Å². The summed E-state index contributed by atoms with van der Waals surface area (Å²) in [6.45, 7) is 0. The van der Waals surface area contributed by atoms with Crippen LogP contribution < -0.4 is 43.8 Å². The SMILES string of the molecule is NC(=O)CCC(N)C(=O)NC(CS)C(=O)NC(CS)C(=O)NC(CS)C(=O)NC(CS)C(=O)NC(CC(N)=O)C(=O)O. The maximum absolute atomic E-state index is 12.8. The number of carbonyl (C=O) groups excluding carboxylic acids is 7. The summed E-state index contributed by atoms with van der Waals surface area (Å²) in [5.41, 5.74) is 15.7. The Labute approximate surface area is 263 Å². The number of hydrogen-bond donors (Lipinski definition) is 13. The number of aliphatic carboxylic acids is 1. The maximum Gasteiger partial charge on any atom is 0.326 e. The van der Waals surface area contributed by atoms with Gasteiger partial charge in [-0.05, 0) is 6.42 Å². The molecule has 0 aromatic carbocycles. The third-order valence-corrected chi connectivity index (χ3v) is 6.78. The lowest BCUT2D eigenvalue weighted by Gasteiger charge is -2.25. The fourth-order valence-corrected chi connectivity index (χ4v) is 4.00. The average molecular weight is 673 g/mol. The molecule has 0 aliphatic carbocycles. The highest BCUT2D eigenvalue weighted by Gasteiger charge is 2.31. The molecule has 42 heavy (non-hydrogen) atoms. The molecule has 0 heterocycles. The van der Waals surface area contributed by atoms with Crippen molar-refractivity contribution in [1.29, 1.82) is 0 Å². The Morgan fingerprint density at radius 2 is 0.857 bits per heavy atom. The zero-order chi connectivity index (χ0) is 32.6. The summed E-state index contributed by atoms with van der Waals surface area (Å²) >= 11 is 16.1. The largest absolute Gasteiger partial charge is 0.480 e. The van der Waals surface area contributed by atoms with Crippen LogP contribution in [-0.4, -0.2) is 112 Å². The van der Waals surface area contributed by atoms with E-state index in [-0.39, 0.29) is 35.9 Å². The van der Waals surface area contributed by atoms with Crippen molar-refractivity contribution in [1.82, 2.24) is 26.6 Å². The highest BCUT2D eigenvalue weighted by molar-refractivity contribution is 7.80. The Morgan fingerprint density at radius 1 is 0.548 bits per heavy atom. The third kappa shape index (κ3) is 14.3. The summed E-state index contributed by atoms with van der Waals surface area (Å²) in [6, 6.07) is -8.01. The van der Waals surface area contributed by atoms with Crippen molar-refractivity contribution < 1.29 is 43.5 Å². The van der Waals surface area contributed by atoms with Crippen LogP contribution in [0, 0.1) is 0 Å². The van der Waals surface area contributed by atoms with Crippen molar-refractivity contribution in [2.45, 2.75) is 55.5 Å². The smallest absolute Gasteiger partial charge is 0.326 e. The van der Waals surface area contributed by atoms with Crippen molar-refractivity contribution in [3.8, 4) is 0 Å². The summed E-state index contributed by atoms with van der Waals surface area (Å²) in [6.07, 6.45) is -0.897. The Bertz CT molecular complexity index is 1020. The van der Waals surface area contributed by atoms with E-state index in [0.717, 1.165) is 0 Å². The van der Waals surface area contributed by atoms with Gasteiger partial charge in [0.05, 0.1) is 12.5 Å². The minimum Gasteiger partial charge on any atom is -0.480 e. The molecule has 0 aliphatic rings. The Balaban J connectivity index is 5.29. The number of nitrogens with two attached hydrogens (primary N) is 3. The minimum atomic E-state index is -1.65. The van der Waals surface area contributed by atoms with E-state index >= 15 is 0 Å². The van der Waals surface area contributed by atoms with E-state index in [4.69, 9.17) is 22.3 Å². The summed E-state index contributed by atoms with van der Waals surface area (Å²) in [4.78, 5) is 96.2. The van der Waals surface area contributed by atoms with Gasteiger partial charge in [0.25, 0.3) is 0 Å². The second-order valence-electron chi connectivity index (χ2n) is 8.66. The van der Waals surface area contributed by atoms with Crippen molar-refractivity contribution in [2.75, 3.05) is 23.0 Å². The molecule has 0 saturated heterocycles. The summed E-state index contributed by atoms with van der Waals surface area (Å²) < 4.78 is 0. The van der Waals surface area contributed by atoms with E-state index in [9.17, 15) is 38.4 Å². The zero-order valence-corrected chi connectivity index (χ0v) is 25.7. The van der Waals surface area contributed by atoms with Crippen LogP contribution >= 0.6 is 50.5 Å². The van der Waals surface area contributed by atoms with Crippen LogP contribution in [0.3, 0.4) is 0 Å². The van der Waals surface area contributed by atoms with Gasteiger partial charge >= 0.3 is 5.97 Å². The number of hydrogen-bond acceptors (Lipinski definition) is 13. The Morgan fingerprint density at radius 3 is 1.12 bits per heavy atom. The first kappa shape index (κ1) is 39.1. The lowest BCUT2D eigenvalue weighted by atomic mass is 10.1. The van der Waals surface area contributed by atoms with Gasteiger partial charge in [0.2, 0.25) is 41.4 Å². The molecule has 0 aromatic heterocycles. The predicted octanol–water partition coefficient (Wildman–Crippen LogP) is -5.32. The number of carboxylic acid groups (broad SMARTS) is 1. The third-order valence-electron chi connectivity index (χ3n) is 5.32. The maximum atomic E-state index is 12.8. The van der Waals surface area contributed by atoms with Gasteiger partial charge in [-0.25, -0.2) is 4.79 Å². The molecule has 0 bridgehead atoms. The molecule has 0 fully saturated rings. The fourth-order valence-electron chi connectivity index (χ4n) is 2.97. The molecular weight excluding hydrogens is 637 g/mol. The molecule has 6 unspecified atom stereocenters. The van der Waals surface area contributed by atoms with Gasteiger partial charge in [-0.3, -0.25) is 33.6 Å². The quantitative estimate of drug-likeness (QED) is 0.0545. The monoisotopic (exact) mass is 672 g/mol. The Kier molecular flexibility index (Phi) is 18.7. The highest BCUT2D eigenvalue weighted by atomic mass is 32.1. The molecule has 7 amide bonds. The topological polar surface area (TPSA) is 295 Å². The van der Waals surface area contributed by atoms with Gasteiger partial charge in [0.1, 0.15) is 30.2 Å². The zero-order valence-electron chi connectivity index (χ0n) is 22.1. The number of thiol groups is 4. The van der Waals surface area contributed by atoms with E-state index in [0.29, 0.717) is 0 Å². The predicted molar refractivity (Wildman–Crippen MR) is 163 cm³/mol. The fraction of sp³-hybridized carbons (Fsp3) is 0.619. The molecular formula is C21H36N8O9S4. The van der Waals surface area contributed by atoms with Gasteiger partial charge in [-0.2, -0.15) is 50.5 Å². The van der Waals surface area contributed by atoms with Crippen molar-refractivity contribution in [2.24, 2.45) is 17.2 Å². The number of primary amides is 2. The standard InChI is InChI=1S/C21H36N8O9S4/c22-8(1-2-14(23)30)16(32)26-10(4-39)18(34)28-12(6-41)20(36)29-13(7-42)19(35)27-11(5-40)17(33)25-9(21(37)38)3-15(24)31/h8-13,39-42H,1-7,22H2,(H2,23,30)(H2,24,31)(H,25,33)(H,26,32)(H,27,35)(H,28,34)(H,29,36)(H,37,38). The van der Waals surface area contributed by atoms with Crippen LogP contribution in [0.5, 0.6) is 0 Å². The number of nitrogens with one attached hydrogen (secondary N) is 5. The normalized spacial score (nSPS) is 15.0. The molecule has 0 aliphatic heterocycles. The first-order chi connectivity index (χ1) is 19.6. The van der Waals surface area contributed by atoms with Gasteiger partial charge in [0.15, 0.2) is 0 Å². The minimum absolute atomic E-state index is 0.0554. The second-order valence-corrected chi connectivity index (χ2v) is 10.1. The van der Waals surface area contributed by atoms with Crippen molar-refractivity contribution in [3.63, 3.8) is 0 Å². The number of carbonyl (C=O) groups is 8. The van der Waals surface area contributed by atoms with Crippen LogP contribution in [0.15, 0.2) is 0 Å². The Hall–Kier alpha value is -2.88. The van der Waals surface area contributed by atoms with Crippen molar-refractivity contribution in [3.05, 3.63) is 0 Å². The van der Waals surface area contributed by atoms with Crippen LogP contribution in [0.1, 0.15) is 19.3 Å². The average Bonchev–Trinajstić information content (AvgIpc) is 2.93. The lowest BCUT2D eigenvalue weighted by Crippen LogP contribution is -2.60. The van der Waals surface area contributed by atoms with Gasteiger partial charge in [-0.1, -0.05) is 0 Å². The van der Waals surface area contributed by atoms with E-state index in [2.05, 4.69) is 77.1 Å². The summed E-state index contributed by atoms with van der Waals surface area (Å²) in [5, 5.41) is 20.6. The second kappa shape index (κ2) is 20.1. The highest BCUT2D eigenvalue weighted by Crippen LogP contribution is 2.01. The van der Waals surface area contributed by atoms with E-state index < -0.39 is 90.0 Å². The van der Waals surface area contributed by atoms with Gasteiger partial charge in [0, 0.05) is 29.4 Å². The molecule has 0 rings (SSSR count). The molecule has 0 spiro atoms. The number of carboxylic acids is 1. The van der Waals surface area contributed by atoms with E-state index in [1.807, 2.05) is 0 Å². The molecule has 6 atom stereocenters. The van der Waals surface area contributed by atoms with Gasteiger partial charge < -0.3 is 48.9 Å². The molecule has 0 radical (unpaired) electrons. The van der Waals surface area contributed by atoms with E-state index in [1.165, 1.54) is 0 Å². The molecule has 238 valence electrons. The first-order valence-corrected chi connectivity index (χ1v) is 14.6. The van der Waals surface area contributed by atoms with Crippen LogP contribution in [0.25, 0.3) is 0 Å². The molecule has 0 aromatic rings. The number of amides is 7. The number of rotatable bonds is 20. The summed E-state index contributed by atoms with van der Waals surface area (Å²) in [7, 11) is 0. The van der Waals surface area contributed by atoms with Crippen LogP contribution in [-0.2, 0) is 38.4 Å². The lowest BCUT2D eigenvalue weighted by molar-refractivity contribution is -0.143. The summed E-state index contributed by atoms with van der Waals surface area (Å²) in [5.74, 6) is -8.45. The first-order valence-electron chi connectivity index (χ1n) is 12.1.